The normalized spacial score (nSPS) is 18.6. The second-order valence-corrected chi connectivity index (χ2v) is 4.99. The van der Waals surface area contributed by atoms with Crippen molar-refractivity contribution in [2.45, 2.75) is 38.7 Å². The van der Waals surface area contributed by atoms with E-state index in [4.69, 9.17) is 4.74 Å². The first kappa shape index (κ1) is 14.7. The molecule has 108 valence electrons. The van der Waals surface area contributed by atoms with Crippen LogP contribution in [0.3, 0.4) is 0 Å². The van der Waals surface area contributed by atoms with E-state index >= 15 is 0 Å². The minimum atomic E-state index is -0.487. The van der Waals surface area contributed by atoms with Crippen molar-refractivity contribution < 1.29 is 18.7 Å². The van der Waals surface area contributed by atoms with E-state index < -0.39 is 5.82 Å². The van der Waals surface area contributed by atoms with Gasteiger partial charge in [-0.25, -0.2) is 4.39 Å². The fourth-order valence-electron chi connectivity index (χ4n) is 2.30. The molecule has 1 atom stereocenters. The molecule has 0 aliphatic carbocycles. The van der Waals surface area contributed by atoms with E-state index in [1.54, 1.807) is 0 Å². The van der Waals surface area contributed by atoms with Crippen molar-refractivity contribution in [2.75, 3.05) is 11.9 Å². The summed E-state index contributed by atoms with van der Waals surface area (Å²) in [5.74, 6) is -0.960. The Morgan fingerprint density at radius 1 is 1.40 bits per heavy atom. The summed E-state index contributed by atoms with van der Waals surface area (Å²) in [6.45, 7) is 2.06. The van der Waals surface area contributed by atoms with Gasteiger partial charge in [0.1, 0.15) is 5.82 Å². The summed E-state index contributed by atoms with van der Waals surface area (Å²) in [5, 5.41) is 2.60. The van der Waals surface area contributed by atoms with Crippen molar-refractivity contribution in [2.24, 2.45) is 0 Å². The number of rotatable bonds is 4. The number of hydrogen-bond acceptors (Lipinski definition) is 3. The molecule has 0 saturated carbocycles. The van der Waals surface area contributed by atoms with E-state index in [0.717, 1.165) is 25.3 Å². The van der Waals surface area contributed by atoms with E-state index in [-0.39, 0.29) is 29.9 Å². The van der Waals surface area contributed by atoms with Crippen LogP contribution in [-0.4, -0.2) is 24.4 Å². The third-order valence-corrected chi connectivity index (χ3v) is 3.32. The first-order valence-corrected chi connectivity index (χ1v) is 6.78. The third kappa shape index (κ3) is 3.87. The molecular formula is C15H18FNO3. The summed E-state index contributed by atoms with van der Waals surface area (Å²) in [6, 6.07) is 3.75. The lowest BCUT2D eigenvalue weighted by atomic mass is 10.1. The van der Waals surface area contributed by atoms with Crippen LogP contribution in [0.1, 0.15) is 43.0 Å². The maximum Gasteiger partial charge on any atom is 0.227 e. The molecule has 1 aromatic carbocycles. The van der Waals surface area contributed by atoms with Crippen LogP contribution in [0.2, 0.25) is 0 Å². The van der Waals surface area contributed by atoms with Crippen molar-refractivity contribution in [1.82, 2.24) is 0 Å². The zero-order chi connectivity index (χ0) is 14.5. The molecule has 4 nitrogen and oxygen atoms in total. The molecule has 1 amide bonds. The van der Waals surface area contributed by atoms with Crippen LogP contribution >= 0.6 is 0 Å². The maximum absolute atomic E-state index is 13.2. The SMILES string of the molecule is CC(=O)c1ccc(F)cc1NC(=O)C[C@@H]1CCCCO1. The monoisotopic (exact) mass is 279 g/mol. The van der Waals surface area contributed by atoms with E-state index in [9.17, 15) is 14.0 Å². The molecule has 0 unspecified atom stereocenters. The number of benzene rings is 1. The average molecular weight is 279 g/mol. The molecular weight excluding hydrogens is 261 g/mol. The summed E-state index contributed by atoms with van der Waals surface area (Å²) >= 11 is 0. The topological polar surface area (TPSA) is 55.4 Å². The van der Waals surface area contributed by atoms with Crippen LogP contribution in [0.25, 0.3) is 0 Å². The average Bonchev–Trinajstić information content (AvgIpc) is 2.39. The summed E-state index contributed by atoms with van der Waals surface area (Å²) in [4.78, 5) is 23.4. The van der Waals surface area contributed by atoms with Gasteiger partial charge in [0.2, 0.25) is 5.91 Å². The number of hydrogen-bond donors (Lipinski definition) is 1. The van der Waals surface area contributed by atoms with Crippen LogP contribution in [-0.2, 0) is 9.53 Å². The molecule has 1 aliphatic rings. The lowest BCUT2D eigenvalue weighted by Gasteiger charge is -2.22. The molecule has 2 rings (SSSR count). The van der Waals surface area contributed by atoms with E-state index in [1.807, 2.05) is 0 Å². The van der Waals surface area contributed by atoms with Crippen LogP contribution in [0.5, 0.6) is 0 Å². The molecule has 1 saturated heterocycles. The van der Waals surface area contributed by atoms with Crippen molar-refractivity contribution in [3.63, 3.8) is 0 Å². The largest absolute Gasteiger partial charge is 0.378 e. The highest BCUT2D eigenvalue weighted by Crippen LogP contribution is 2.20. The Balaban J connectivity index is 2.03. The number of nitrogens with one attached hydrogen (secondary N) is 1. The molecule has 1 fully saturated rings. The van der Waals surface area contributed by atoms with Crippen molar-refractivity contribution in [1.29, 1.82) is 0 Å². The molecule has 1 N–H and O–H groups in total. The van der Waals surface area contributed by atoms with Gasteiger partial charge in [-0.15, -0.1) is 0 Å². The second kappa shape index (κ2) is 6.61. The smallest absolute Gasteiger partial charge is 0.227 e. The van der Waals surface area contributed by atoms with Crippen LogP contribution in [0.4, 0.5) is 10.1 Å². The summed E-state index contributed by atoms with van der Waals surface area (Å²) < 4.78 is 18.7. The number of carbonyl (C=O) groups excluding carboxylic acids is 2. The fraction of sp³-hybridized carbons (Fsp3) is 0.467. The highest BCUT2D eigenvalue weighted by Gasteiger charge is 2.19. The molecule has 5 heteroatoms. The predicted octanol–water partition coefficient (Wildman–Crippen LogP) is 2.93. The lowest BCUT2D eigenvalue weighted by molar-refractivity contribution is -0.119. The Hall–Kier alpha value is -1.75. The first-order valence-electron chi connectivity index (χ1n) is 6.78. The number of Topliss-reactive ketones (excluding diaryl/α,β-unsaturated/α-hetero) is 1. The summed E-state index contributed by atoms with van der Waals surface area (Å²) in [6.07, 6.45) is 3.08. The standard InChI is InChI=1S/C15H18FNO3/c1-10(18)13-6-5-11(16)8-14(13)17-15(19)9-12-4-2-3-7-20-12/h5-6,8,12H,2-4,7,9H2,1H3,(H,17,19)/t12-/m0/s1. The zero-order valence-electron chi connectivity index (χ0n) is 11.4. The predicted molar refractivity (Wildman–Crippen MR) is 73.2 cm³/mol. The molecule has 0 bridgehead atoms. The summed E-state index contributed by atoms with van der Waals surface area (Å²) in [7, 11) is 0. The number of amides is 1. The van der Waals surface area contributed by atoms with E-state index in [1.165, 1.54) is 19.1 Å². The number of halogens is 1. The molecule has 1 aromatic rings. The van der Waals surface area contributed by atoms with Gasteiger partial charge >= 0.3 is 0 Å². The van der Waals surface area contributed by atoms with Crippen LogP contribution in [0, 0.1) is 5.82 Å². The van der Waals surface area contributed by atoms with Gasteiger partial charge in [-0.3, -0.25) is 9.59 Å². The highest BCUT2D eigenvalue weighted by atomic mass is 19.1. The third-order valence-electron chi connectivity index (χ3n) is 3.32. The van der Waals surface area contributed by atoms with Gasteiger partial charge in [0.25, 0.3) is 0 Å². The van der Waals surface area contributed by atoms with Gasteiger partial charge in [0.15, 0.2) is 5.78 Å². The Morgan fingerprint density at radius 3 is 2.85 bits per heavy atom. The van der Waals surface area contributed by atoms with Crippen molar-refractivity contribution in [3.05, 3.63) is 29.6 Å². The Morgan fingerprint density at radius 2 is 2.20 bits per heavy atom. The van der Waals surface area contributed by atoms with Gasteiger partial charge in [0.05, 0.1) is 18.2 Å². The molecule has 0 aromatic heterocycles. The quantitative estimate of drug-likeness (QED) is 0.862. The van der Waals surface area contributed by atoms with Crippen LogP contribution in [0.15, 0.2) is 18.2 Å². The fourth-order valence-corrected chi connectivity index (χ4v) is 2.30. The van der Waals surface area contributed by atoms with E-state index in [0.29, 0.717) is 12.2 Å². The van der Waals surface area contributed by atoms with Gasteiger partial charge in [-0.1, -0.05) is 0 Å². The van der Waals surface area contributed by atoms with Gasteiger partial charge in [-0.05, 0) is 44.4 Å². The minimum absolute atomic E-state index is 0.0851. The zero-order valence-corrected chi connectivity index (χ0v) is 11.4. The van der Waals surface area contributed by atoms with Gasteiger partial charge < -0.3 is 10.1 Å². The van der Waals surface area contributed by atoms with E-state index in [2.05, 4.69) is 5.32 Å². The second-order valence-electron chi connectivity index (χ2n) is 4.99. The van der Waals surface area contributed by atoms with Gasteiger partial charge in [-0.2, -0.15) is 0 Å². The Kier molecular flexibility index (Phi) is 4.84. The highest BCUT2D eigenvalue weighted by molar-refractivity contribution is 6.03. The summed E-state index contributed by atoms with van der Waals surface area (Å²) in [5.41, 5.74) is 0.530. The maximum atomic E-state index is 13.2. The number of ether oxygens (including phenoxy) is 1. The van der Waals surface area contributed by atoms with Crippen molar-refractivity contribution in [3.8, 4) is 0 Å². The molecule has 0 spiro atoms. The molecule has 1 aliphatic heterocycles. The molecule has 0 radical (unpaired) electrons. The van der Waals surface area contributed by atoms with Crippen LogP contribution < -0.4 is 5.32 Å². The molecule has 20 heavy (non-hydrogen) atoms. The number of carbonyl (C=O) groups is 2. The number of ketones is 1. The lowest BCUT2D eigenvalue weighted by Crippen LogP contribution is -2.26. The van der Waals surface area contributed by atoms with Crippen molar-refractivity contribution >= 4 is 17.4 Å². The Labute approximate surface area is 117 Å². The number of anilines is 1. The molecule has 1 heterocycles. The minimum Gasteiger partial charge on any atom is -0.378 e. The first-order chi connectivity index (χ1) is 9.56. The van der Waals surface area contributed by atoms with Gasteiger partial charge in [0, 0.05) is 12.2 Å². The Bertz CT molecular complexity index is 510.